The van der Waals surface area contributed by atoms with E-state index in [0.29, 0.717) is 0 Å². The number of halogens is 1. The van der Waals surface area contributed by atoms with Gasteiger partial charge >= 0.3 is 0 Å². The van der Waals surface area contributed by atoms with Crippen molar-refractivity contribution in [1.29, 1.82) is 0 Å². The molecule has 25 heavy (non-hydrogen) atoms. The molecule has 0 aliphatic rings. The van der Waals surface area contributed by atoms with Gasteiger partial charge in [-0.2, -0.15) is 0 Å². The van der Waals surface area contributed by atoms with Crippen molar-refractivity contribution in [3.05, 3.63) is 59.2 Å². The number of benzene rings is 1. The van der Waals surface area contributed by atoms with Gasteiger partial charge in [0.05, 0.1) is 12.3 Å². The largest absolute Gasteiger partial charge is 0.392 e. The molecular weight excluding hydrogens is 313 g/mol. The van der Waals surface area contributed by atoms with Crippen LogP contribution in [0.3, 0.4) is 0 Å². The van der Waals surface area contributed by atoms with Gasteiger partial charge in [-0.15, -0.1) is 0 Å². The van der Waals surface area contributed by atoms with Crippen molar-refractivity contribution < 1.29 is 9.50 Å². The van der Waals surface area contributed by atoms with Crippen LogP contribution in [0.5, 0.6) is 0 Å². The van der Waals surface area contributed by atoms with E-state index in [1.165, 1.54) is 12.1 Å². The third kappa shape index (κ3) is 4.35. The molecule has 0 amide bonds. The molecule has 0 saturated carbocycles. The van der Waals surface area contributed by atoms with Gasteiger partial charge in [-0.25, -0.2) is 4.39 Å². The summed E-state index contributed by atoms with van der Waals surface area (Å²) in [5.41, 5.74) is 5.62. The Kier molecular flexibility index (Phi) is 6.89. The zero-order valence-electron chi connectivity index (χ0n) is 15.5. The number of aromatic nitrogens is 1. The summed E-state index contributed by atoms with van der Waals surface area (Å²) in [5, 5.41) is 10.1. The molecule has 0 unspecified atom stereocenters. The molecule has 0 spiro atoms. The molecular formula is C22H28FNO. The van der Waals surface area contributed by atoms with E-state index in [0.717, 1.165) is 59.3 Å². The number of pyridine rings is 1. The lowest BCUT2D eigenvalue weighted by Gasteiger charge is -2.21. The molecule has 1 aromatic carbocycles. The van der Waals surface area contributed by atoms with Gasteiger partial charge in [-0.1, -0.05) is 52.3 Å². The normalized spacial score (nSPS) is 11.1. The minimum Gasteiger partial charge on any atom is -0.392 e. The maximum absolute atomic E-state index is 13.4. The number of hydrogen-bond acceptors (Lipinski definition) is 2. The molecule has 0 radical (unpaired) electrons. The average molecular weight is 341 g/mol. The Morgan fingerprint density at radius 3 is 2.36 bits per heavy atom. The van der Waals surface area contributed by atoms with Gasteiger partial charge in [0.2, 0.25) is 0 Å². The molecule has 0 bridgehead atoms. The van der Waals surface area contributed by atoms with Crippen molar-refractivity contribution in [2.24, 2.45) is 0 Å². The molecule has 0 fully saturated rings. The maximum atomic E-state index is 13.4. The molecule has 1 heterocycles. The summed E-state index contributed by atoms with van der Waals surface area (Å²) in [6.45, 7) is 10.2. The number of aliphatic hydroxyl groups is 1. The van der Waals surface area contributed by atoms with Crippen LogP contribution in [0.4, 0.5) is 4.39 Å². The summed E-state index contributed by atoms with van der Waals surface area (Å²) in [6.07, 6.45) is 6.00. The van der Waals surface area contributed by atoms with E-state index in [1.807, 2.05) is 0 Å². The second kappa shape index (κ2) is 8.91. The first-order valence-corrected chi connectivity index (χ1v) is 9.08. The van der Waals surface area contributed by atoms with E-state index in [4.69, 9.17) is 4.98 Å². The molecule has 0 aliphatic carbocycles. The molecule has 1 N–H and O–H groups in total. The Labute approximate surface area is 150 Å². The molecule has 3 heteroatoms. The van der Waals surface area contributed by atoms with E-state index >= 15 is 0 Å². The quantitative estimate of drug-likeness (QED) is 0.608. The lowest BCUT2D eigenvalue weighted by Crippen LogP contribution is -2.09. The zero-order valence-corrected chi connectivity index (χ0v) is 15.5. The zero-order chi connectivity index (χ0) is 18.4. The summed E-state index contributed by atoms with van der Waals surface area (Å²) in [7, 11) is 0. The second-order valence-corrected chi connectivity index (χ2v) is 6.70. The number of nitrogens with zero attached hydrogens (tertiary/aromatic N) is 1. The van der Waals surface area contributed by atoms with Gasteiger partial charge in [0.1, 0.15) is 5.82 Å². The van der Waals surface area contributed by atoms with Gasteiger partial charge in [0.25, 0.3) is 0 Å². The van der Waals surface area contributed by atoms with Crippen LogP contribution < -0.4 is 0 Å². The van der Waals surface area contributed by atoms with Gasteiger partial charge in [-0.3, -0.25) is 4.98 Å². The van der Waals surface area contributed by atoms with Gasteiger partial charge in [-0.05, 0) is 53.7 Å². The Morgan fingerprint density at radius 1 is 1.16 bits per heavy atom. The van der Waals surface area contributed by atoms with Crippen LogP contribution in [0, 0.1) is 5.82 Å². The number of aliphatic hydroxyl groups excluding tert-OH is 1. The Hall–Kier alpha value is -2.00. The monoisotopic (exact) mass is 341 g/mol. The fraction of sp³-hybridized carbons (Fsp3) is 0.409. The smallest absolute Gasteiger partial charge is 0.123 e. The van der Waals surface area contributed by atoms with Crippen molar-refractivity contribution >= 4 is 6.08 Å². The van der Waals surface area contributed by atoms with Crippen molar-refractivity contribution in [1.82, 2.24) is 4.98 Å². The Balaban J connectivity index is 2.73. The van der Waals surface area contributed by atoms with E-state index in [9.17, 15) is 9.50 Å². The van der Waals surface area contributed by atoms with E-state index < -0.39 is 0 Å². The highest BCUT2D eigenvalue weighted by Crippen LogP contribution is 2.35. The third-order valence-corrected chi connectivity index (χ3v) is 4.52. The third-order valence-electron chi connectivity index (χ3n) is 4.52. The number of rotatable bonds is 8. The summed E-state index contributed by atoms with van der Waals surface area (Å²) < 4.78 is 13.4. The SMILES string of the molecule is C=Cc1nc(C(C)C)c(CO)c(-c2ccc(F)cc2)c1CCCCC. The molecule has 2 aromatic rings. The first-order valence-electron chi connectivity index (χ1n) is 9.08. The predicted octanol–water partition coefficient (Wildman–Crippen LogP) is 5.88. The highest BCUT2D eigenvalue weighted by molar-refractivity contribution is 5.75. The first-order chi connectivity index (χ1) is 12.0. The van der Waals surface area contributed by atoms with Crippen LogP contribution in [0.15, 0.2) is 30.8 Å². The standard InChI is InChI=1S/C22H28FNO/c1-5-7-8-9-18-20(6-2)24-22(15(3)4)19(14-25)21(18)16-10-12-17(23)13-11-16/h6,10-13,15,25H,2,5,7-9,14H2,1,3-4H3. The predicted molar refractivity (Wildman–Crippen MR) is 103 cm³/mol. The molecule has 1 aromatic heterocycles. The van der Waals surface area contributed by atoms with Gasteiger partial charge in [0.15, 0.2) is 0 Å². The van der Waals surface area contributed by atoms with Crippen molar-refractivity contribution in [2.45, 2.75) is 59.0 Å². The fourth-order valence-corrected chi connectivity index (χ4v) is 3.28. The van der Waals surface area contributed by atoms with Crippen LogP contribution in [0.2, 0.25) is 0 Å². The van der Waals surface area contributed by atoms with E-state index in [2.05, 4.69) is 27.4 Å². The molecule has 0 saturated heterocycles. The van der Waals surface area contributed by atoms with Crippen LogP contribution in [0.25, 0.3) is 17.2 Å². The maximum Gasteiger partial charge on any atom is 0.123 e. The van der Waals surface area contributed by atoms with Crippen LogP contribution >= 0.6 is 0 Å². The minimum absolute atomic E-state index is 0.0780. The van der Waals surface area contributed by atoms with Crippen molar-refractivity contribution in [3.63, 3.8) is 0 Å². The lowest BCUT2D eigenvalue weighted by atomic mass is 9.87. The van der Waals surface area contributed by atoms with Crippen molar-refractivity contribution in [3.8, 4) is 11.1 Å². The van der Waals surface area contributed by atoms with Crippen LogP contribution in [-0.4, -0.2) is 10.1 Å². The summed E-state index contributed by atoms with van der Waals surface area (Å²) in [4.78, 5) is 4.79. The minimum atomic E-state index is -0.260. The highest BCUT2D eigenvalue weighted by atomic mass is 19.1. The topological polar surface area (TPSA) is 33.1 Å². The molecule has 2 nitrogen and oxygen atoms in total. The Bertz CT molecular complexity index is 720. The van der Waals surface area contributed by atoms with Gasteiger partial charge in [0, 0.05) is 11.3 Å². The lowest BCUT2D eigenvalue weighted by molar-refractivity contribution is 0.280. The van der Waals surface area contributed by atoms with E-state index in [-0.39, 0.29) is 18.3 Å². The van der Waals surface area contributed by atoms with Crippen molar-refractivity contribution in [2.75, 3.05) is 0 Å². The number of unbranched alkanes of at least 4 members (excludes halogenated alkanes) is 2. The Morgan fingerprint density at radius 2 is 1.84 bits per heavy atom. The average Bonchev–Trinajstić information content (AvgIpc) is 2.61. The summed E-state index contributed by atoms with van der Waals surface area (Å²) >= 11 is 0. The number of hydrogen-bond donors (Lipinski definition) is 1. The van der Waals surface area contributed by atoms with Gasteiger partial charge < -0.3 is 5.11 Å². The first kappa shape index (κ1) is 19.3. The second-order valence-electron chi connectivity index (χ2n) is 6.70. The van der Waals surface area contributed by atoms with Crippen LogP contribution in [0.1, 0.15) is 68.5 Å². The highest BCUT2D eigenvalue weighted by Gasteiger charge is 2.20. The summed E-state index contributed by atoms with van der Waals surface area (Å²) in [6, 6.07) is 6.50. The van der Waals surface area contributed by atoms with Crippen LogP contribution in [-0.2, 0) is 13.0 Å². The fourth-order valence-electron chi connectivity index (χ4n) is 3.28. The molecule has 2 rings (SSSR count). The summed E-state index contributed by atoms with van der Waals surface area (Å²) in [5.74, 6) is -0.0753. The molecule has 0 aliphatic heterocycles. The molecule has 134 valence electrons. The molecule has 0 atom stereocenters. The van der Waals surface area contributed by atoms with E-state index in [1.54, 1.807) is 18.2 Å².